The average molecular weight is 269 g/mol. The molecule has 0 aliphatic carbocycles. The highest BCUT2D eigenvalue weighted by Gasteiger charge is 2.38. The average Bonchev–Trinajstić information content (AvgIpc) is 2.60. The Bertz CT molecular complexity index is 449. The fourth-order valence-corrected chi connectivity index (χ4v) is 3.40. The van der Waals surface area contributed by atoms with Gasteiger partial charge in [-0.25, -0.2) is 4.79 Å². The van der Waals surface area contributed by atoms with E-state index in [0.717, 1.165) is 18.1 Å². The lowest BCUT2D eigenvalue weighted by molar-refractivity contribution is -0.132. The van der Waals surface area contributed by atoms with Gasteiger partial charge in [-0.3, -0.25) is 0 Å². The van der Waals surface area contributed by atoms with Gasteiger partial charge in [0.1, 0.15) is 4.88 Å². The number of carboxylic acids is 1. The highest BCUT2D eigenvalue weighted by Crippen LogP contribution is 2.34. The van der Waals surface area contributed by atoms with Crippen molar-refractivity contribution in [3.05, 3.63) is 17.0 Å². The van der Waals surface area contributed by atoms with Crippen LogP contribution in [0.25, 0.3) is 0 Å². The van der Waals surface area contributed by atoms with Crippen molar-refractivity contribution in [2.45, 2.75) is 38.9 Å². The largest absolute Gasteiger partial charge is 0.477 e. The predicted octanol–water partition coefficient (Wildman–Crippen LogP) is 2.84. The third kappa shape index (κ3) is 2.84. The zero-order valence-corrected chi connectivity index (χ0v) is 12.0. The quantitative estimate of drug-likeness (QED) is 0.897. The fraction of sp³-hybridized carbons (Fsp3) is 0.615. The van der Waals surface area contributed by atoms with Crippen LogP contribution in [0.2, 0.25) is 0 Å². The maximum atomic E-state index is 10.9. The highest BCUT2D eigenvalue weighted by atomic mass is 32.1. The molecule has 2 rings (SSSR count). The molecule has 1 aromatic rings. The molecule has 1 aromatic heterocycles. The molecule has 100 valence electrons. The van der Waals surface area contributed by atoms with Gasteiger partial charge in [0.25, 0.3) is 0 Å². The Hall–Kier alpha value is -1.07. The number of thiophene rings is 1. The van der Waals surface area contributed by atoms with Crippen LogP contribution in [-0.2, 0) is 4.74 Å². The molecule has 5 heteroatoms. The van der Waals surface area contributed by atoms with Crippen LogP contribution in [0.5, 0.6) is 0 Å². The molecule has 0 aromatic carbocycles. The van der Waals surface area contributed by atoms with E-state index < -0.39 is 5.97 Å². The first-order valence-electron chi connectivity index (χ1n) is 5.97. The second kappa shape index (κ2) is 4.24. The maximum absolute atomic E-state index is 10.9. The van der Waals surface area contributed by atoms with Crippen molar-refractivity contribution < 1.29 is 14.6 Å². The van der Waals surface area contributed by atoms with E-state index in [1.54, 1.807) is 6.07 Å². The van der Waals surface area contributed by atoms with Crippen molar-refractivity contribution >= 4 is 22.3 Å². The molecule has 0 atom stereocenters. The number of hydrogen-bond donors (Lipinski definition) is 1. The van der Waals surface area contributed by atoms with Gasteiger partial charge in [0, 0.05) is 13.1 Å². The fourth-order valence-electron chi connectivity index (χ4n) is 2.56. The zero-order chi connectivity index (χ0) is 13.6. The summed E-state index contributed by atoms with van der Waals surface area (Å²) in [6, 6.07) is 3.55. The van der Waals surface area contributed by atoms with E-state index in [1.807, 2.05) is 6.07 Å². The van der Waals surface area contributed by atoms with E-state index in [2.05, 4.69) is 32.6 Å². The first kappa shape index (κ1) is 13.4. The molecule has 0 radical (unpaired) electrons. The standard InChI is InChI=1S/C13H19NO3S/c1-12(2)7-14(8-13(3,4)17-12)10-6-5-9(18-10)11(15)16/h5-6H,7-8H2,1-4H3,(H,15,16). The Labute approximate surface area is 111 Å². The number of hydrogen-bond acceptors (Lipinski definition) is 4. The lowest BCUT2D eigenvalue weighted by Gasteiger charge is -2.47. The second-order valence-corrected chi connectivity index (χ2v) is 6.98. The van der Waals surface area contributed by atoms with Crippen LogP contribution in [0.15, 0.2) is 12.1 Å². The smallest absolute Gasteiger partial charge is 0.345 e. The van der Waals surface area contributed by atoms with E-state index in [0.29, 0.717) is 4.88 Å². The van der Waals surface area contributed by atoms with E-state index >= 15 is 0 Å². The number of morpholine rings is 1. The molecule has 2 heterocycles. The third-order valence-electron chi connectivity index (χ3n) is 2.81. The molecule has 1 saturated heterocycles. The molecular weight excluding hydrogens is 250 g/mol. The number of carboxylic acid groups (broad SMARTS) is 1. The van der Waals surface area contributed by atoms with Crippen LogP contribution >= 0.6 is 11.3 Å². The number of rotatable bonds is 2. The molecule has 0 unspecified atom stereocenters. The SMILES string of the molecule is CC1(C)CN(c2ccc(C(=O)O)s2)CC(C)(C)O1. The molecule has 1 aliphatic rings. The lowest BCUT2D eigenvalue weighted by atomic mass is 9.99. The van der Waals surface area contributed by atoms with Gasteiger partial charge in [-0.05, 0) is 39.8 Å². The van der Waals surface area contributed by atoms with E-state index in [1.165, 1.54) is 11.3 Å². The molecule has 0 bridgehead atoms. The van der Waals surface area contributed by atoms with E-state index in [-0.39, 0.29) is 11.2 Å². The summed E-state index contributed by atoms with van der Waals surface area (Å²) in [5.41, 5.74) is -0.454. The molecule has 1 aliphatic heterocycles. The molecule has 1 N–H and O–H groups in total. The number of anilines is 1. The summed E-state index contributed by atoms with van der Waals surface area (Å²) >= 11 is 1.32. The van der Waals surface area contributed by atoms with Crippen molar-refractivity contribution in [3.63, 3.8) is 0 Å². The van der Waals surface area contributed by atoms with Crippen molar-refractivity contribution in [1.82, 2.24) is 0 Å². The molecular formula is C13H19NO3S. The Balaban J connectivity index is 2.24. The monoisotopic (exact) mass is 269 g/mol. The van der Waals surface area contributed by atoms with Crippen molar-refractivity contribution in [3.8, 4) is 0 Å². The first-order valence-corrected chi connectivity index (χ1v) is 6.78. The van der Waals surface area contributed by atoms with Gasteiger partial charge >= 0.3 is 5.97 Å². The van der Waals surface area contributed by atoms with Crippen molar-refractivity contribution in [1.29, 1.82) is 0 Å². The minimum atomic E-state index is -0.863. The normalized spacial score (nSPS) is 21.9. The van der Waals surface area contributed by atoms with Crippen LogP contribution < -0.4 is 4.90 Å². The number of ether oxygens (including phenoxy) is 1. The maximum Gasteiger partial charge on any atom is 0.345 e. The Kier molecular flexibility index (Phi) is 3.15. The molecule has 4 nitrogen and oxygen atoms in total. The van der Waals surface area contributed by atoms with Gasteiger partial charge in [0.15, 0.2) is 0 Å². The minimum absolute atomic E-state index is 0.227. The van der Waals surface area contributed by atoms with Gasteiger partial charge in [-0.15, -0.1) is 11.3 Å². The second-order valence-electron chi connectivity index (χ2n) is 5.92. The molecule has 0 spiro atoms. The van der Waals surface area contributed by atoms with Crippen LogP contribution in [0.3, 0.4) is 0 Å². The summed E-state index contributed by atoms with van der Waals surface area (Å²) < 4.78 is 6.01. The zero-order valence-electron chi connectivity index (χ0n) is 11.2. The van der Waals surface area contributed by atoms with Crippen LogP contribution in [-0.4, -0.2) is 35.4 Å². The summed E-state index contributed by atoms with van der Waals surface area (Å²) in [4.78, 5) is 13.5. The van der Waals surface area contributed by atoms with Crippen LogP contribution in [0.4, 0.5) is 5.00 Å². The Morgan fingerprint density at radius 2 is 1.83 bits per heavy atom. The number of aromatic carboxylic acids is 1. The van der Waals surface area contributed by atoms with Gasteiger partial charge in [0.2, 0.25) is 0 Å². The van der Waals surface area contributed by atoms with Crippen molar-refractivity contribution in [2.24, 2.45) is 0 Å². The Morgan fingerprint density at radius 3 is 2.28 bits per heavy atom. The lowest BCUT2D eigenvalue weighted by Crippen LogP contribution is -2.57. The molecule has 0 saturated carbocycles. The summed E-state index contributed by atoms with van der Waals surface area (Å²) in [6.07, 6.45) is 0. The summed E-state index contributed by atoms with van der Waals surface area (Å²) in [5, 5.41) is 9.97. The minimum Gasteiger partial charge on any atom is -0.477 e. The van der Waals surface area contributed by atoms with E-state index in [9.17, 15) is 4.79 Å². The topological polar surface area (TPSA) is 49.8 Å². The van der Waals surface area contributed by atoms with Crippen molar-refractivity contribution in [2.75, 3.05) is 18.0 Å². The first-order chi connectivity index (χ1) is 8.19. The van der Waals surface area contributed by atoms with Crippen LogP contribution in [0.1, 0.15) is 37.4 Å². The molecule has 0 amide bonds. The third-order valence-corrected chi connectivity index (χ3v) is 3.94. The van der Waals surface area contributed by atoms with E-state index in [4.69, 9.17) is 9.84 Å². The van der Waals surface area contributed by atoms with Gasteiger partial charge < -0.3 is 14.7 Å². The van der Waals surface area contributed by atoms with Gasteiger partial charge in [-0.2, -0.15) is 0 Å². The number of carbonyl (C=O) groups is 1. The number of nitrogens with zero attached hydrogens (tertiary/aromatic N) is 1. The predicted molar refractivity (Wildman–Crippen MR) is 72.7 cm³/mol. The molecule has 1 fully saturated rings. The van der Waals surface area contributed by atoms with Crippen LogP contribution in [0, 0.1) is 0 Å². The molecule has 18 heavy (non-hydrogen) atoms. The van der Waals surface area contributed by atoms with Gasteiger partial charge in [-0.1, -0.05) is 0 Å². The summed E-state index contributed by atoms with van der Waals surface area (Å²) in [7, 11) is 0. The summed E-state index contributed by atoms with van der Waals surface area (Å²) in [6.45, 7) is 9.80. The summed E-state index contributed by atoms with van der Waals surface area (Å²) in [5.74, 6) is -0.863. The van der Waals surface area contributed by atoms with Gasteiger partial charge in [0.05, 0.1) is 16.2 Å². The highest BCUT2D eigenvalue weighted by molar-refractivity contribution is 7.17. The Morgan fingerprint density at radius 1 is 1.28 bits per heavy atom.